The Morgan fingerprint density at radius 2 is 2.00 bits per heavy atom. The van der Waals surface area contributed by atoms with E-state index < -0.39 is 17.5 Å². The molecule has 0 aromatic rings. The molecule has 0 fully saturated rings. The number of carbonyl (C=O) groups excluding carboxylic acids is 1. The highest BCUT2D eigenvalue weighted by Gasteiger charge is 1.98. The fraction of sp³-hybridized carbons (Fsp3) is 0.833. The number of ether oxygens (including phenoxy) is 2. The highest BCUT2D eigenvalue weighted by Crippen LogP contribution is 1.93. The van der Waals surface area contributed by atoms with Crippen molar-refractivity contribution in [2.45, 2.75) is 12.8 Å². The van der Waals surface area contributed by atoms with Crippen molar-refractivity contribution in [3.63, 3.8) is 0 Å². The Bertz CT molecular complexity index is 171. The monoisotopic (exact) mass is 211 g/mol. The van der Waals surface area contributed by atoms with Crippen LogP contribution in [-0.2, 0) is 25.0 Å². The minimum Gasteiger partial charge on any atom is -0.750 e. The Labute approximate surface area is 78.7 Å². The van der Waals surface area contributed by atoms with Gasteiger partial charge in [0.25, 0.3) is 0 Å². The van der Waals surface area contributed by atoms with E-state index in [1.165, 1.54) is 7.11 Å². The summed E-state index contributed by atoms with van der Waals surface area (Å²) < 4.78 is 32.7. The van der Waals surface area contributed by atoms with E-state index in [1.54, 1.807) is 0 Å². The highest BCUT2D eigenvalue weighted by atomic mass is 32.2. The molecule has 0 amide bonds. The van der Waals surface area contributed by atoms with Crippen LogP contribution in [0.5, 0.6) is 0 Å². The van der Waals surface area contributed by atoms with Gasteiger partial charge in [0.05, 0.1) is 31.7 Å². The molecule has 0 aromatic carbocycles. The minimum absolute atomic E-state index is 0.0979. The van der Waals surface area contributed by atoms with Gasteiger partial charge in [-0.15, -0.1) is 0 Å². The second-order valence-corrected chi connectivity index (χ2v) is 2.68. The lowest BCUT2D eigenvalue weighted by molar-refractivity contribution is 0.0705. The maximum atomic E-state index is 10.4. The molecular weight excluding hydrogens is 200 g/mol. The highest BCUT2D eigenvalue weighted by molar-refractivity contribution is 7.74. The van der Waals surface area contributed by atoms with Gasteiger partial charge in [-0.25, -0.2) is 9.00 Å². The summed E-state index contributed by atoms with van der Waals surface area (Å²) in [5, 5.41) is 0. The lowest BCUT2D eigenvalue weighted by Gasteiger charge is -2.05. The molecule has 78 valence electrons. The molecule has 0 heterocycles. The summed E-state index contributed by atoms with van der Waals surface area (Å²) in [5.41, 5.74) is 0. The molecule has 0 N–H and O–H groups in total. The van der Waals surface area contributed by atoms with E-state index in [9.17, 15) is 13.6 Å². The average molecular weight is 211 g/mol. The van der Waals surface area contributed by atoms with Gasteiger partial charge < -0.3 is 18.2 Å². The molecule has 0 saturated heterocycles. The topological polar surface area (TPSA) is 84.9 Å². The van der Waals surface area contributed by atoms with E-state index in [0.717, 1.165) is 0 Å². The first-order valence-electron chi connectivity index (χ1n) is 3.60. The largest absolute Gasteiger partial charge is 0.750 e. The fourth-order valence-electron chi connectivity index (χ4n) is 0.546. The smallest absolute Gasteiger partial charge is 0.507 e. The van der Waals surface area contributed by atoms with E-state index in [4.69, 9.17) is 0 Å². The molecule has 0 spiro atoms. The van der Waals surface area contributed by atoms with E-state index in [0.29, 0.717) is 12.8 Å². The normalized spacial score (nSPS) is 12.2. The molecule has 6 nitrogen and oxygen atoms in total. The third-order valence-electron chi connectivity index (χ3n) is 1.10. The Balaban J connectivity index is 3.08. The molecular formula is C6H11O6S-. The summed E-state index contributed by atoms with van der Waals surface area (Å²) in [5.74, 6) is 0. The number of hydrogen-bond acceptors (Lipinski definition) is 6. The van der Waals surface area contributed by atoms with Gasteiger partial charge in [0.2, 0.25) is 0 Å². The van der Waals surface area contributed by atoms with Gasteiger partial charge in [-0.05, 0) is 12.8 Å². The van der Waals surface area contributed by atoms with Crippen LogP contribution in [0.4, 0.5) is 4.79 Å². The number of methoxy groups -OCH3 is 1. The fourth-order valence-corrected chi connectivity index (χ4v) is 0.799. The average Bonchev–Trinajstić information content (AvgIpc) is 2.10. The Hall–Kier alpha value is -0.660. The van der Waals surface area contributed by atoms with E-state index in [2.05, 4.69) is 13.7 Å². The Kier molecular flexibility index (Phi) is 7.56. The maximum Gasteiger partial charge on any atom is 0.507 e. The van der Waals surface area contributed by atoms with E-state index >= 15 is 0 Å². The third-order valence-corrected chi connectivity index (χ3v) is 1.46. The first kappa shape index (κ1) is 12.3. The molecule has 0 aliphatic heterocycles. The predicted molar refractivity (Wildman–Crippen MR) is 42.5 cm³/mol. The summed E-state index contributed by atoms with van der Waals surface area (Å²) in [4.78, 5) is 10.4. The molecule has 0 bridgehead atoms. The van der Waals surface area contributed by atoms with Gasteiger partial charge in [0, 0.05) is 0 Å². The van der Waals surface area contributed by atoms with Crippen LogP contribution in [0.15, 0.2) is 0 Å². The van der Waals surface area contributed by atoms with Gasteiger partial charge in [-0.2, -0.15) is 0 Å². The van der Waals surface area contributed by atoms with Gasteiger partial charge in [0.15, 0.2) is 0 Å². The lowest BCUT2D eigenvalue weighted by Crippen LogP contribution is -2.06. The van der Waals surface area contributed by atoms with Crippen LogP contribution in [-0.4, -0.2) is 35.2 Å². The second kappa shape index (κ2) is 7.96. The zero-order valence-electron chi connectivity index (χ0n) is 7.19. The molecule has 0 saturated carbocycles. The van der Waals surface area contributed by atoms with Crippen LogP contribution in [0.3, 0.4) is 0 Å². The molecule has 0 aliphatic rings. The van der Waals surface area contributed by atoms with Crippen molar-refractivity contribution in [1.82, 2.24) is 0 Å². The van der Waals surface area contributed by atoms with Crippen molar-refractivity contribution in [3.8, 4) is 0 Å². The van der Waals surface area contributed by atoms with Crippen LogP contribution in [0.2, 0.25) is 0 Å². The summed E-state index contributed by atoms with van der Waals surface area (Å²) in [6.07, 6.45) is 0.297. The van der Waals surface area contributed by atoms with E-state index in [1.807, 2.05) is 0 Å². The van der Waals surface area contributed by atoms with Crippen LogP contribution < -0.4 is 0 Å². The number of unbranched alkanes of at least 4 members (excludes halogenated alkanes) is 1. The minimum atomic E-state index is -2.46. The number of rotatable bonds is 6. The molecule has 1 unspecified atom stereocenters. The second-order valence-electron chi connectivity index (χ2n) is 2.04. The first-order chi connectivity index (χ1) is 6.16. The maximum absolute atomic E-state index is 10.4. The van der Waals surface area contributed by atoms with Crippen LogP contribution in [0.25, 0.3) is 0 Å². The predicted octanol–water partition coefficient (Wildman–Crippen LogP) is 0.360. The van der Waals surface area contributed by atoms with Gasteiger partial charge in [-0.1, -0.05) is 0 Å². The van der Waals surface area contributed by atoms with Gasteiger partial charge in [-0.3, -0.25) is 0 Å². The van der Waals surface area contributed by atoms with Gasteiger partial charge >= 0.3 is 6.16 Å². The van der Waals surface area contributed by atoms with Crippen molar-refractivity contribution in [1.29, 1.82) is 0 Å². The zero-order chi connectivity index (χ0) is 10.1. The van der Waals surface area contributed by atoms with Gasteiger partial charge in [0.1, 0.15) is 0 Å². The number of hydrogen-bond donors (Lipinski definition) is 0. The molecule has 0 aliphatic carbocycles. The Morgan fingerprint density at radius 3 is 2.54 bits per heavy atom. The molecule has 0 rings (SSSR count). The summed E-state index contributed by atoms with van der Waals surface area (Å²) in [6.45, 7) is 0.294. The lowest BCUT2D eigenvalue weighted by atomic mass is 10.3. The van der Waals surface area contributed by atoms with Crippen molar-refractivity contribution < 1.29 is 27.2 Å². The van der Waals surface area contributed by atoms with E-state index in [-0.39, 0.29) is 13.2 Å². The summed E-state index contributed by atoms with van der Waals surface area (Å²) >= 11 is -2.46. The summed E-state index contributed by atoms with van der Waals surface area (Å²) in [6, 6.07) is 0. The van der Waals surface area contributed by atoms with Crippen LogP contribution >= 0.6 is 0 Å². The van der Waals surface area contributed by atoms with Crippen molar-refractivity contribution in [2.24, 2.45) is 0 Å². The molecule has 0 radical (unpaired) electrons. The quantitative estimate of drug-likeness (QED) is 0.358. The van der Waals surface area contributed by atoms with Crippen molar-refractivity contribution in [3.05, 3.63) is 0 Å². The standard InChI is InChI=1S/C6H12O6S/c1-10-6(7)11-4-2-3-5-12-13(8)9/h2-5H2,1H3,(H,8,9)/p-1. The molecule has 7 heteroatoms. The molecule has 13 heavy (non-hydrogen) atoms. The number of carbonyl (C=O) groups is 1. The summed E-state index contributed by atoms with van der Waals surface area (Å²) in [7, 11) is 1.21. The van der Waals surface area contributed by atoms with Crippen molar-refractivity contribution >= 4 is 17.5 Å². The third kappa shape index (κ3) is 9.25. The first-order valence-corrected chi connectivity index (χ1v) is 4.60. The van der Waals surface area contributed by atoms with Crippen LogP contribution in [0.1, 0.15) is 12.8 Å². The SMILES string of the molecule is COC(=O)OCCCCOS(=O)[O-]. The molecule has 1 atom stereocenters. The zero-order valence-corrected chi connectivity index (χ0v) is 8.00. The Morgan fingerprint density at radius 1 is 1.38 bits per heavy atom. The van der Waals surface area contributed by atoms with Crippen LogP contribution in [0, 0.1) is 0 Å². The molecule has 0 aromatic heterocycles. The van der Waals surface area contributed by atoms with Crippen molar-refractivity contribution in [2.75, 3.05) is 20.3 Å².